The highest BCUT2D eigenvalue weighted by atomic mass is 35.5. The number of hydrogen-bond acceptors (Lipinski definition) is 2. The number of fused-ring (bicyclic) bond motifs is 1. The molecule has 0 saturated carbocycles. The topological polar surface area (TPSA) is 29.1 Å². The second-order valence-electron chi connectivity index (χ2n) is 4.26. The number of carbonyl (C=O) groups is 1. The van der Waals surface area contributed by atoms with Gasteiger partial charge in [-0.25, -0.2) is 0 Å². The smallest absolute Gasteiger partial charge is 0.234 e. The van der Waals surface area contributed by atoms with Crippen molar-refractivity contribution in [3.8, 4) is 0 Å². The highest BCUT2D eigenvalue weighted by Crippen LogP contribution is 2.42. The predicted octanol–water partition coefficient (Wildman–Crippen LogP) is 3.72. The van der Waals surface area contributed by atoms with Crippen LogP contribution in [0.15, 0.2) is 18.2 Å². The Balaban J connectivity index is 2.47. The number of anilines is 1. The first-order valence-electron chi connectivity index (χ1n) is 5.29. The van der Waals surface area contributed by atoms with E-state index in [2.05, 4.69) is 19.2 Å². The van der Waals surface area contributed by atoms with E-state index in [9.17, 15) is 4.79 Å². The molecule has 0 aliphatic carbocycles. The van der Waals surface area contributed by atoms with Gasteiger partial charge < -0.3 is 5.32 Å². The summed E-state index contributed by atoms with van der Waals surface area (Å²) in [5, 5.41) is 3.97. The monoisotopic (exact) mass is 255 g/mol. The lowest BCUT2D eigenvalue weighted by Crippen LogP contribution is -2.12. The lowest BCUT2D eigenvalue weighted by atomic mass is 10.0. The minimum Gasteiger partial charge on any atom is -0.325 e. The van der Waals surface area contributed by atoms with Crippen molar-refractivity contribution in [1.29, 1.82) is 0 Å². The molecule has 2 nitrogen and oxygen atoms in total. The van der Waals surface area contributed by atoms with Crippen LogP contribution in [0.25, 0.3) is 0 Å². The summed E-state index contributed by atoms with van der Waals surface area (Å²) in [5.41, 5.74) is 2.04. The maximum atomic E-state index is 11.5. The van der Waals surface area contributed by atoms with E-state index in [4.69, 9.17) is 11.6 Å². The van der Waals surface area contributed by atoms with Crippen LogP contribution in [0, 0.1) is 5.92 Å². The fourth-order valence-corrected chi connectivity index (χ4v) is 3.22. The molecule has 0 bridgehead atoms. The van der Waals surface area contributed by atoms with E-state index in [0.29, 0.717) is 16.9 Å². The Bertz CT molecular complexity index is 419. The van der Waals surface area contributed by atoms with Gasteiger partial charge in [0.25, 0.3) is 0 Å². The molecular formula is C12H14ClNOS. The molecule has 0 fully saturated rings. The fourth-order valence-electron chi connectivity index (χ4n) is 1.88. The summed E-state index contributed by atoms with van der Waals surface area (Å²) in [4.78, 5) is 11.5. The largest absolute Gasteiger partial charge is 0.325 e. The molecule has 1 aromatic rings. The third kappa shape index (κ3) is 2.36. The van der Waals surface area contributed by atoms with Gasteiger partial charge in [0, 0.05) is 16.0 Å². The lowest BCUT2D eigenvalue weighted by Gasteiger charge is -2.20. The molecule has 1 unspecified atom stereocenters. The van der Waals surface area contributed by atoms with Gasteiger partial charge in [-0.15, -0.1) is 11.8 Å². The van der Waals surface area contributed by atoms with Gasteiger partial charge in [0.1, 0.15) is 0 Å². The van der Waals surface area contributed by atoms with Gasteiger partial charge in [-0.1, -0.05) is 25.4 Å². The first-order valence-corrected chi connectivity index (χ1v) is 6.71. The van der Waals surface area contributed by atoms with Crippen molar-refractivity contribution >= 4 is 35.0 Å². The fraction of sp³-hybridized carbons (Fsp3) is 0.417. The van der Waals surface area contributed by atoms with Gasteiger partial charge in [-0.3, -0.25) is 4.79 Å². The van der Waals surface area contributed by atoms with E-state index in [1.807, 2.05) is 18.2 Å². The van der Waals surface area contributed by atoms with Crippen LogP contribution in [0.5, 0.6) is 0 Å². The summed E-state index contributed by atoms with van der Waals surface area (Å²) >= 11 is 7.70. The molecule has 1 N–H and O–H groups in total. The second-order valence-corrected chi connectivity index (χ2v) is 5.82. The van der Waals surface area contributed by atoms with Crippen LogP contribution < -0.4 is 5.32 Å². The Morgan fingerprint density at radius 2 is 2.25 bits per heavy atom. The van der Waals surface area contributed by atoms with Crippen molar-refractivity contribution in [2.45, 2.75) is 19.1 Å². The van der Waals surface area contributed by atoms with Crippen molar-refractivity contribution in [3.05, 3.63) is 28.8 Å². The van der Waals surface area contributed by atoms with Crippen molar-refractivity contribution in [2.75, 3.05) is 11.1 Å². The summed E-state index contributed by atoms with van der Waals surface area (Å²) in [6.07, 6.45) is 0. The van der Waals surface area contributed by atoms with Gasteiger partial charge in [-0.2, -0.15) is 0 Å². The van der Waals surface area contributed by atoms with Crippen LogP contribution in [0.2, 0.25) is 5.02 Å². The molecule has 86 valence electrons. The summed E-state index contributed by atoms with van der Waals surface area (Å²) in [5.74, 6) is 1.06. The molecule has 4 heteroatoms. The van der Waals surface area contributed by atoms with Crippen LogP contribution >= 0.6 is 23.4 Å². The number of amides is 1. The quantitative estimate of drug-likeness (QED) is 0.829. The molecule has 0 radical (unpaired) electrons. The van der Waals surface area contributed by atoms with E-state index in [0.717, 1.165) is 16.3 Å². The predicted molar refractivity (Wildman–Crippen MR) is 70.1 cm³/mol. The molecule has 2 rings (SSSR count). The summed E-state index contributed by atoms with van der Waals surface area (Å²) in [7, 11) is 0. The van der Waals surface area contributed by atoms with E-state index < -0.39 is 0 Å². The molecule has 1 atom stereocenters. The molecular weight excluding hydrogens is 242 g/mol. The third-order valence-corrected chi connectivity index (χ3v) is 4.42. The molecule has 1 aromatic carbocycles. The molecule has 1 aliphatic rings. The molecule has 1 amide bonds. The zero-order valence-electron chi connectivity index (χ0n) is 9.29. The Labute approximate surface area is 105 Å². The number of rotatable bonds is 1. The number of nitrogens with one attached hydrogen (secondary N) is 1. The van der Waals surface area contributed by atoms with Crippen molar-refractivity contribution in [3.63, 3.8) is 0 Å². The third-order valence-electron chi connectivity index (χ3n) is 2.59. The minimum absolute atomic E-state index is 0.0664. The van der Waals surface area contributed by atoms with E-state index >= 15 is 0 Å². The zero-order chi connectivity index (χ0) is 11.7. The number of thioether (sulfide) groups is 1. The van der Waals surface area contributed by atoms with Gasteiger partial charge in [0.2, 0.25) is 5.91 Å². The Hall–Kier alpha value is -0.670. The van der Waals surface area contributed by atoms with Crippen LogP contribution in [-0.2, 0) is 4.79 Å². The molecule has 1 heterocycles. The summed E-state index contributed by atoms with van der Waals surface area (Å²) < 4.78 is 0. The first-order chi connectivity index (χ1) is 7.58. The summed E-state index contributed by atoms with van der Waals surface area (Å²) in [6, 6.07) is 5.66. The summed E-state index contributed by atoms with van der Waals surface area (Å²) in [6.45, 7) is 4.33. The van der Waals surface area contributed by atoms with Gasteiger partial charge in [-0.05, 0) is 29.7 Å². The minimum atomic E-state index is 0.0664. The normalized spacial score (nSPS) is 20.2. The Morgan fingerprint density at radius 1 is 1.50 bits per heavy atom. The maximum absolute atomic E-state index is 11.5. The molecule has 0 aromatic heterocycles. The highest BCUT2D eigenvalue weighted by molar-refractivity contribution is 8.00. The lowest BCUT2D eigenvalue weighted by molar-refractivity contribution is -0.113. The first kappa shape index (κ1) is 11.8. The highest BCUT2D eigenvalue weighted by Gasteiger charge is 2.24. The number of hydrogen-bond donors (Lipinski definition) is 1. The average Bonchev–Trinajstić information content (AvgIpc) is 2.36. The number of benzene rings is 1. The average molecular weight is 256 g/mol. The zero-order valence-corrected chi connectivity index (χ0v) is 10.9. The van der Waals surface area contributed by atoms with Crippen LogP contribution in [0.1, 0.15) is 24.7 Å². The molecule has 0 saturated heterocycles. The van der Waals surface area contributed by atoms with E-state index in [-0.39, 0.29) is 5.91 Å². The SMILES string of the molecule is CC(C)C1SCC(=O)Nc2ccc(Cl)cc21. The van der Waals surface area contributed by atoms with Crippen LogP contribution in [-0.4, -0.2) is 11.7 Å². The molecule has 0 spiro atoms. The van der Waals surface area contributed by atoms with Gasteiger partial charge in [0.15, 0.2) is 0 Å². The van der Waals surface area contributed by atoms with Crippen LogP contribution in [0.4, 0.5) is 5.69 Å². The maximum Gasteiger partial charge on any atom is 0.234 e. The molecule has 1 aliphatic heterocycles. The molecule has 16 heavy (non-hydrogen) atoms. The van der Waals surface area contributed by atoms with E-state index in [1.165, 1.54) is 0 Å². The van der Waals surface area contributed by atoms with Crippen LogP contribution in [0.3, 0.4) is 0 Å². The second kappa shape index (κ2) is 4.68. The number of carbonyl (C=O) groups excluding carboxylic acids is 1. The Kier molecular flexibility index (Phi) is 3.45. The number of halogens is 1. The van der Waals surface area contributed by atoms with Gasteiger partial charge in [0.05, 0.1) is 5.75 Å². The standard InChI is InChI=1S/C12H14ClNOS/c1-7(2)12-9-5-8(13)3-4-10(9)14-11(15)6-16-12/h3-5,7,12H,6H2,1-2H3,(H,14,15). The van der Waals surface area contributed by atoms with Gasteiger partial charge >= 0.3 is 0 Å². The van der Waals surface area contributed by atoms with Crippen molar-refractivity contribution in [1.82, 2.24) is 0 Å². The van der Waals surface area contributed by atoms with Crippen molar-refractivity contribution in [2.24, 2.45) is 5.92 Å². The van der Waals surface area contributed by atoms with E-state index in [1.54, 1.807) is 11.8 Å². The van der Waals surface area contributed by atoms with Crippen molar-refractivity contribution < 1.29 is 4.79 Å². The Morgan fingerprint density at radius 3 is 2.94 bits per heavy atom.